The monoisotopic (exact) mass is 202 g/mol. The van der Waals surface area contributed by atoms with Crippen LogP contribution in [0.1, 0.15) is 33.1 Å². The Morgan fingerprint density at radius 1 is 1.40 bits per heavy atom. The summed E-state index contributed by atoms with van der Waals surface area (Å²) in [5.41, 5.74) is 1.00. The second-order valence-electron chi connectivity index (χ2n) is 4.68. The lowest BCUT2D eigenvalue weighted by Gasteiger charge is -2.21. The van der Waals surface area contributed by atoms with Crippen molar-refractivity contribution in [2.45, 2.75) is 33.1 Å². The van der Waals surface area contributed by atoms with Gasteiger partial charge >= 0.3 is 0 Å². The van der Waals surface area contributed by atoms with Crippen LogP contribution in [0, 0.1) is 11.3 Å². The highest BCUT2D eigenvalue weighted by atomic mass is 16.1. The molecule has 0 aromatic rings. The molecule has 0 spiro atoms. The van der Waals surface area contributed by atoms with Gasteiger partial charge in [-0.1, -0.05) is 43.7 Å². The van der Waals surface area contributed by atoms with Crippen molar-refractivity contribution in [3.8, 4) is 0 Å². The molecule has 0 heterocycles. The Morgan fingerprint density at radius 2 is 2.20 bits per heavy atom. The molecule has 0 bridgehead atoms. The Bertz CT molecular complexity index is 360. The maximum absolute atomic E-state index is 12.0. The minimum atomic E-state index is -0.316. The quantitative estimate of drug-likeness (QED) is 0.670. The van der Waals surface area contributed by atoms with Crippen molar-refractivity contribution in [2.75, 3.05) is 0 Å². The summed E-state index contributed by atoms with van der Waals surface area (Å²) in [6, 6.07) is 0. The van der Waals surface area contributed by atoms with E-state index in [1.165, 1.54) is 5.57 Å². The van der Waals surface area contributed by atoms with Crippen molar-refractivity contribution in [3.63, 3.8) is 0 Å². The number of carbonyl (C=O) groups excluding carboxylic acids is 1. The zero-order valence-corrected chi connectivity index (χ0v) is 9.49. The average Bonchev–Trinajstić information content (AvgIpc) is 2.40. The van der Waals surface area contributed by atoms with Gasteiger partial charge in [-0.3, -0.25) is 4.79 Å². The van der Waals surface area contributed by atoms with Crippen LogP contribution in [-0.2, 0) is 4.79 Å². The molecule has 0 unspecified atom stereocenters. The Hall–Kier alpha value is -1.11. The first-order valence-electron chi connectivity index (χ1n) is 5.78. The number of fused-ring (bicyclic) bond motifs is 1. The molecular weight excluding hydrogens is 184 g/mol. The van der Waals surface area contributed by atoms with Crippen molar-refractivity contribution in [2.24, 2.45) is 11.3 Å². The highest BCUT2D eigenvalue weighted by Crippen LogP contribution is 2.47. The fourth-order valence-electron chi connectivity index (χ4n) is 2.71. The highest BCUT2D eigenvalue weighted by Gasteiger charge is 2.44. The third kappa shape index (κ3) is 1.60. The van der Waals surface area contributed by atoms with Crippen molar-refractivity contribution < 1.29 is 4.79 Å². The zero-order valence-electron chi connectivity index (χ0n) is 9.49. The highest BCUT2D eigenvalue weighted by molar-refractivity contribution is 5.93. The second kappa shape index (κ2) is 3.80. The number of hydrogen-bond donors (Lipinski definition) is 0. The number of Topliss-reactive ketones (excluding diaryl/α,β-unsaturated/α-hetero) is 1. The van der Waals surface area contributed by atoms with E-state index in [4.69, 9.17) is 0 Å². The third-order valence-corrected chi connectivity index (χ3v) is 3.62. The number of ketones is 1. The first kappa shape index (κ1) is 10.4. The Morgan fingerprint density at radius 3 is 2.93 bits per heavy atom. The Kier molecular flexibility index (Phi) is 2.64. The average molecular weight is 202 g/mol. The van der Waals surface area contributed by atoms with Gasteiger partial charge in [-0.25, -0.2) is 0 Å². The summed E-state index contributed by atoms with van der Waals surface area (Å²) in [6.07, 6.45) is 13.3. The van der Waals surface area contributed by atoms with E-state index in [1.54, 1.807) is 0 Å². The van der Waals surface area contributed by atoms with Gasteiger partial charge in [-0.2, -0.15) is 0 Å². The van der Waals surface area contributed by atoms with E-state index in [0.29, 0.717) is 11.7 Å². The van der Waals surface area contributed by atoms with E-state index in [0.717, 1.165) is 19.3 Å². The van der Waals surface area contributed by atoms with Crippen LogP contribution in [-0.4, -0.2) is 5.78 Å². The molecule has 0 aliphatic heterocycles. The van der Waals surface area contributed by atoms with Crippen molar-refractivity contribution >= 4 is 5.78 Å². The van der Waals surface area contributed by atoms with E-state index >= 15 is 0 Å². The van der Waals surface area contributed by atoms with Crippen LogP contribution in [0.15, 0.2) is 36.0 Å². The maximum Gasteiger partial charge on any atom is 0.147 e. The molecule has 15 heavy (non-hydrogen) atoms. The molecule has 0 radical (unpaired) electrons. The van der Waals surface area contributed by atoms with Gasteiger partial charge in [0, 0.05) is 6.42 Å². The van der Waals surface area contributed by atoms with Crippen LogP contribution in [0.5, 0.6) is 0 Å². The van der Waals surface area contributed by atoms with Gasteiger partial charge < -0.3 is 0 Å². The summed E-state index contributed by atoms with van der Waals surface area (Å²) in [5, 5.41) is 0. The number of hydrogen-bond acceptors (Lipinski definition) is 1. The predicted octanol–water partition coefficient (Wildman–Crippen LogP) is 3.43. The van der Waals surface area contributed by atoms with E-state index < -0.39 is 0 Å². The van der Waals surface area contributed by atoms with Gasteiger partial charge in [0.15, 0.2) is 0 Å². The first-order chi connectivity index (χ1) is 7.18. The molecule has 2 aliphatic rings. The normalized spacial score (nSPS) is 33.9. The minimum absolute atomic E-state index is 0.316. The second-order valence-corrected chi connectivity index (χ2v) is 4.68. The molecular formula is C14H18O. The number of rotatable bonds is 2. The molecule has 0 N–H and O–H groups in total. The van der Waals surface area contributed by atoms with Gasteiger partial charge in [-0.15, -0.1) is 0 Å². The lowest BCUT2D eigenvalue weighted by Crippen LogP contribution is -2.20. The van der Waals surface area contributed by atoms with Crippen LogP contribution in [0.4, 0.5) is 0 Å². The molecule has 0 aromatic heterocycles. The Balaban J connectivity index is 2.39. The lowest BCUT2D eigenvalue weighted by atomic mass is 9.81. The van der Waals surface area contributed by atoms with Gasteiger partial charge in [-0.05, 0) is 24.8 Å². The van der Waals surface area contributed by atoms with Gasteiger partial charge in [0.2, 0.25) is 0 Å². The number of carbonyl (C=O) groups is 1. The molecule has 1 heteroatoms. The summed E-state index contributed by atoms with van der Waals surface area (Å²) < 4.78 is 0. The fourth-order valence-corrected chi connectivity index (χ4v) is 2.71. The maximum atomic E-state index is 12.0. The largest absolute Gasteiger partial charge is 0.298 e. The SMILES string of the molecule is CCC[C@@H]1CC(=O)[C@]2(C)C=CC=CC=C12. The molecule has 0 amide bonds. The fraction of sp³-hybridized carbons (Fsp3) is 0.500. The topological polar surface area (TPSA) is 17.1 Å². The van der Waals surface area contributed by atoms with E-state index in [1.807, 2.05) is 12.2 Å². The van der Waals surface area contributed by atoms with Gasteiger partial charge in [0.1, 0.15) is 5.78 Å². The molecule has 2 atom stereocenters. The summed E-state index contributed by atoms with van der Waals surface area (Å²) in [7, 11) is 0. The van der Waals surface area contributed by atoms with E-state index in [2.05, 4.69) is 32.1 Å². The van der Waals surface area contributed by atoms with Crippen LogP contribution in [0.2, 0.25) is 0 Å². The molecule has 1 saturated carbocycles. The molecule has 1 fully saturated rings. The minimum Gasteiger partial charge on any atom is -0.298 e. The zero-order chi connectivity index (χ0) is 10.9. The number of allylic oxidation sites excluding steroid dienone is 6. The van der Waals surface area contributed by atoms with Crippen LogP contribution >= 0.6 is 0 Å². The van der Waals surface area contributed by atoms with Crippen molar-refractivity contribution in [1.82, 2.24) is 0 Å². The lowest BCUT2D eigenvalue weighted by molar-refractivity contribution is -0.122. The molecule has 2 aliphatic carbocycles. The van der Waals surface area contributed by atoms with Crippen LogP contribution in [0.3, 0.4) is 0 Å². The summed E-state index contributed by atoms with van der Waals surface area (Å²) >= 11 is 0. The summed E-state index contributed by atoms with van der Waals surface area (Å²) in [4.78, 5) is 12.0. The summed E-state index contributed by atoms with van der Waals surface area (Å²) in [5.74, 6) is 0.854. The predicted molar refractivity (Wildman–Crippen MR) is 62.5 cm³/mol. The van der Waals surface area contributed by atoms with E-state index in [-0.39, 0.29) is 5.41 Å². The molecule has 0 aromatic carbocycles. The smallest absolute Gasteiger partial charge is 0.147 e. The first-order valence-corrected chi connectivity index (χ1v) is 5.78. The van der Waals surface area contributed by atoms with E-state index in [9.17, 15) is 4.79 Å². The standard InChI is InChI=1S/C14H18O/c1-3-7-11-10-13(15)14(2)9-6-4-5-8-12(11)14/h4-6,8-9,11H,3,7,10H2,1-2H3/t11-,14-/m1/s1. The van der Waals surface area contributed by atoms with Crippen LogP contribution in [0.25, 0.3) is 0 Å². The molecule has 1 nitrogen and oxygen atoms in total. The molecule has 80 valence electrons. The van der Waals surface area contributed by atoms with Crippen LogP contribution < -0.4 is 0 Å². The van der Waals surface area contributed by atoms with Gasteiger partial charge in [0.05, 0.1) is 5.41 Å². The molecule has 2 rings (SSSR count). The van der Waals surface area contributed by atoms with Crippen molar-refractivity contribution in [3.05, 3.63) is 36.0 Å². The van der Waals surface area contributed by atoms with Crippen molar-refractivity contribution in [1.29, 1.82) is 0 Å². The summed E-state index contributed by atoms with van der Waals surface area (Å²) in [6.45, 7) is 4.24. The molecule has 0 saturated heterocycles. The third-order valence-electron chi connectivity index (χ3n) is 3.62. The Labute approximate surface area is 91.6 Å². The van der Waals surface area contributed by atoms with Gasteiger partial charge in [0.25, 0.3) is 0 Å².